The molecule has 9 nitrogen and oxygen atoms in total. The number of hydrogen-bond acceptors (Lipinski definition) is 7. The van der Waals surface area contributed by atoms with E-state index < -0.39 is 23.7 Å². The Balaban J connectivity index is 2.12. The molecule has 0 bridgehead atoms. The third-order valence-electron chi connectivity index (χ3n) is 6.80. The number of nitrogens with one attached hydrogen (secondary N) is 1. The van der Waals surface area contributed by atoms with Crippen LogP contribution >= 0.6 is 0 Å². The van der Waals surface area contributed by atoms with Gasteiger partial charge in [0.05, 0.1) is 25.8 Å². The van der Waals surface area contributed by atoms with Crippen molar-refractivity contribution in [1.29, 1.82) is 0 Å². The molecule has 3 rings (SSSR count). The van der Waals surface area contributed by atoms with Gasteiger partial charge in [0.15, 0.2) is 0 Å². The number of aliphatic hydroxyl groups is 1. The number of benzene rings is 1. The number of carbonyl (C=O) groups is 3. The lowest BCUT2D eigenvalue weighted by atomic mass is 9.94. The van der Waals surface area contributed by atoms with Gasteiger partial charge in [-0.1, -0.05) is 26.0 Å². The van der Waals surface area contributed by atoms with Gasteiger partial charge in [-0.3, -0.25) is 9.59 Å². The van der Waals surface area contributed by atoms with Gasteiger partial charge in [-0.15, -0.1) is 0 Å². The molecule has 2 aromatic rings. The molecule has 1 amide bonds. The highest BCUT2D eigenvalue weighted by atomic mass is 16.5. The topological polar surface area (TPSA) is 112 Å². The van der Waals surface area contributed by atoms with Gasteiger partial charge < -0.3 is 29.4 Å². The fraction of sp³-hybridized carbons (Fsp3) is 0.444. The van der Waals surface area contributed by atoms with Gasteiger partial charge >= 0.3 is 5.97 Å². The van der Waals surface area contributed by atoms with Crippen LogP contribution in [0.5, 0.6) is 5.75 Å². The van der Waals surface area contributed by atoms with E-state index in [9.17, 15) is 19.5 Å². The van der Waals surface area contributed by atoms with Crippen molar-refractivity contribution in [2.45, 2.75) is 40.2 Å². The average Bonchev–Trinajstić information content (AvgIpc) is 3.32. The summed E-state index contributed by atoms with van der Waals surface area (Å²) in [4.78, 5) is 45.4. The van der Waals surface area contributed by atoms with Crippen molar-refractivity contribution in [2.75, 3.05) is 40.4 Å². The molecule has 1 aliphatic rings. The van der Waals surface area contributed by atoms with E-state index in [4.69, 9.17) is 9.47 Å². The number of likely N-dealkylation sites (tertiary alicyclic amines) is 1. The van der Waals surface area contributed by atoms with Crippen molar-refractivity contribution in [3.63, 3.8) is 0 Å². The lowest BCUT2D eigenvalue weighted by Crippen LogP contribution is -2.33. The molecule has 2 N–H and O–H groups in total. The molecule has 1 saturated heterocycles. The van der Waals surface area contributed by atoms with E-state index in [2.05, 4.69) is 23.7 Å². The standard InChI is InChI=1S/C27H35N3O6/c1-7-29(8-2)14-9-15-30-23(18-10-12-19(35-5)13-11-18)21(25(32)26(30)33)24(31)20-16(3)22(27(34)36-6)28-17(20)4/h10-13,23,28,31H,7-9,14-15H2,1-6H3/b24-21+/t23-/m0/s1. The molecule has 1 aromatic carbocycles. The maximum Gasteiger partial charge on any atom is 0.354 e. The second-order valence-electron chi connectivity index (χ2n) is 8.76. The fourth-order valence-corrected chi connectivity index (χ4v) is 4.79. The van der Waals surface area contributed by atoms with Crippen molar-refractivity contribution in [3.05, 3.63) is 57.9 Å². The number of ketones is 1. The first-order valence-corrected chi connectivity index (χ1v) is 12.1. The molecule has 1 aliphatic heterocycles. The first kappa shape index (κ1) is 27.0. The number of ether oxygens (including phenoxy) is 2. The number of rotatable bonds is 10. The van der Waals surface area contributed by atoms with E-state index in [0.717, 1.165) is 19.6 Å². The zero-order valence-electron chi connectivity index (χ0n) is 21.8. The number of aryl methyl sites for hydroxylation is 1. The summed E-state index contributed by atoms with van der Waals surface area (Å²) >= 11 is 0. The number of Topliss-reactive ketones (excluding diaryl/α,β-unsaturated/α-hetero) is 1. The molecular weight excluding hydrogens is 462 g/mol. The summed E-state index contributed by atoms with van der Waals surface area (Å²) < 4.78 is 10.1. The zero-order chi connectivity index (χ0) is 26.6. The lowest BCUT2D eigenvalue weighted by Gasteiger charge is -2.27. The van der Waals surface area contributed by atoms with Crippen molar-refractivity contribution in [1.82, 2.24) is 14.8 Å². The van der Waals surface area contributed by atoms with Gasteiger partial charge in [0, 0.05) is 17.8 Å². The second kappa shape index (κ2) is 11.4. The summed E-state index contributed by atoms with van der Waals surface area (Å²) in [6.45, 7) is 10.4. The number of H-pyrrole nitrogens is 1. The molecule has 36 heavy (non-hydrogen) atoms. The van der Waals surface area contributed by atoms with Crippen LogP contribution in [0, 0.1) is 13.8 Å². The summed E-state index contributed by atoms with van der Waals surface area (Å²) in [5.74, 6) is -1.68. The summed E-state index contributed by atoms with van der Waals surface area (Å²) in [5, 5.41) is 11.5. The fourth-order valence-electron chi connectivity index (χ4n) is 4.79. The molecule has 0 aliphatic carbocycles. The predicted octanol–water partition coefficient (Wildman–Crippen LogP) is 3.58. The Bertz CT molecular complexity index is 1160. The number of esters is 1. The molecular formula is C27H35N3O6. The van der Waals surface area contributed by atoms with Gasteiger partial charge in [-0.2, -0.15) is 0 Å². The first-order valence-electron chi connectivity index (χ1n) is 12.1. The minimum atomic E-state index is -0.775. The molecule has 1 atom stereocenters. The molecule has 0 saturated carbocycles. The van der Waals surface area contributed by atoms with Crippen molar-refractivity contribution < 1.29 is 29.0 Å². The van der Waals surface area contributed by atoms with E-state index in [0.29, 0.717) is 41.1 Å². The minimum Gasteiger partial charge on any atom is -0.507 e. The van der Waals surface area contributed by atoms with Crippen LogP contribution < -0.4 is 4.74 Å². The Labute approximate surface area is 211 Å². The van der Waals surface area contributed by atoms with Crippen LogP contribution in [0.3, 0.4) is 0 Å². The van der Waals surface area contributed by atoms with Gasteiger partial charge in [0.25, 0.3) is 11.7 Å². The quantitative estimate of drug-likeness (QED) is 0.223. The Hall–Kier alpha value is -3.59. The zero-order valence-corrected chi connectivity index (χ0v) is 21.8. The van der Waals surface area contributed by atoms with E-state index >= 15 is 0 Å². The molecule has 194 valence electrons. The highest BCUT2D eigenvalue weighted by Crippen LogP contribution is 2.41. The Kier molecular flexibility index (Phi) is 8.57. The average molecular weight is 498 g/mol. The maximum absolute atomic E-state index is 13.3. The van der Waals surface area contributed by atoms with Crippen LogP contribution in [-0.2, 0) is 14.3 Å². The minimum absolute atomic E-state index is 0.00498. The molecule has 2 heterocycles. The normalized spacial score (nSPS) is 17.2. The van der Waals surface area contributed by atoms with Crippen molar-refractivity contribution >= 4 is 23.4 Å². The number of aromatic nitrogens is 1. The second-order valence-corrected chi connectivity index (χ2v) is 8.76. The van der Waals surface area contributed by atoms with E-state index in [1.54, 1.807) is 45.2 Å². The molecule has 1 aromatic heterocycles. The van der Waals surface area contributed by atoms with Crippen LogP contribution in [0.1, 0.15) is 59.2 Å². The molecule has 0 spiro atoms. The lowest BCUT2D eigenvalue weighted by molar-refractivity contribution is -0.140. The molecule has 0 radical (unpaired) electrons. The number of aromatic amines is 1. The summed E-state index contributed by atoms with van der Waals surface area (Å²) in [6.07, 6.45) is 0.677. The number of methoxy groups -OCH3 is 2. The van der Waals surface area contributed by atoms with Gasteiger partial charge in [0.2, 0.25) is 0 Å². The SMILES string of the molecule is CCN(CC)CCCN1C(=O)C(=O)/C(=C(/O)c2c(C)[nH]c(C(=O)OC)c2C)[C@@H]1c1ccc(OC)cc1. The first-order chi connectivity index (χ1) is 17.2. The summed E-state index contributed by atoms with van der Waals surface area (Å²) in [7, 11) is 2.83. The van der Waals surface area contributed by atoms with Crippen LogP contribution in [0.4, 0.5) is 0 Å². The number of amides is 1. The Morgan fingerprint density at radius 2 is 1.75 bits per heavy atom. The van der Waals surface area contributed by atoms with Crippen LogP contribution in [0.15, 0.2) is 29.8 Å². The molecule has 0 unspecified atom stereocenters. The molecule has 9 heteroatoms. The Morgan fingerprint density at radius 1 is 1.11 bits per heavy atom. The van der Waals surface area contributed by atoms with E-state index in [1.807, 2.05) is 0 Å². The smallest absolute Gasteiger partial charge is 0.354 e. The monoisotopic (exact) mass is 497 g/mol. The summed E-state index contributed by atoms with van der Waals surface area (Å²) in [6, 6.07) is 6.32. The summed E-state index contributed by atoms with van der Waals surface area (Å²) in [5.41, 5.74) is 2.11. The van der Waals surface area contributed by atoms with Crippen LogP contribution in [0.25, 0.3) is 5.76 Å². The van der Waals surface area contributed by atoms with Crippen molar-refractivity contribution in [2.24, 2.45) is 0 Å². The number of carbonyl (C=O) groups excluding carboxylic acids is 3. The number of aliphatic hydroxyl groups excluding tert-OH is 1. The number of nitrogens with zero attached hydrogens (tertiary/aromatic N) is 2. The van der Waals surface area contributed by atoms with E-state index in [-0.39, 0.29) is 17.0 Å². The predicted molar refractivity (Wildman–Crippen MR) is 136 cm³/mol. The van der Waals surface area contributed by atoms with Crippen molar-refractivity contribution in [3.8, 4) is 5.75 Å². The highest BCUT2D eigenvalue weighted by molar-refractivity contribution is 6.46. The van der Waals surface area contributed by atoms with Gasteiger partial charge in [0.1, 0.15) is 17.2 Å². The maximum atomic E-state index is 13.3. The Morgan fingerprint density at radius 3 is 2.31 bits per heavy atom. The third-order valence-corrected chi connectivity index (χ3v) is 6.80. The largest absolute Gasteiger partial charge is 0.507 e. The van der Waals surface area contributed by atoms with Gasteiger partial charge in [-0.05, 0) is 63.2 Å². The van der Waals surface area contributed by atoms with Crippen LogP contribution in [-0.4, -0.2) is 77.9 Å². The molecule has 1 fully saturated rings. The van der Waals surface area contributed by atoms with Crippen LogP contribution in [0.2, 0.25) is 0 Å². The number of hydrogen-bond donors (Lipinski definition) is 2. The highest BCUT2D eigenvalue weighted by Gasteiger charge is 2.46. The van der Waals surface area contributed by atoms with E-state index in [1.165, 1.54) is 12.0 Å². The van der Waals surface area contributed by atoms with Gasteiger partial charge in [-0.25, -0.2) is 4.79 Å². The third kappa shape index (κ3) is 5.02.